The molecule has 0 aromatic heterocycles. The highest BCUT2D eigenvalue weighted by Gasteiger charge is 2.42. The highest BCUT2D eigenvalue weighted by molar-refractivity contribution is 7.57. The fourth-order valence-corrected chi connectivity index (χ4v) is 5.02. The molecule has 1 fully saturated rings. The van der Waals surface area contributed by atoms with Crippen molar-refractivity contribution in [2.24, 2.45) is 5.41 Å². The molecule has 4 nitrogen and oxygen atoms in total. The van der Waals surface area contributed by atoms with Gasteiger partial charge in [0.2, 0.25) is 0 Å². The minimum atomic E-state index is -2.77. The zero-order valence-corrected chi connectivity index (χ0v) is 14.2. The molecule has 5 heteroatoms. The van der Waals surface area contributed by atoms with E-state index in [4.69, 9.17) is 9.26 Å². The molecule has 0 aromatic carbocycles. The van der Waals surface area contributed by atoms with Gasteiger partial charge in [-0.15, -0.1) is 0 Å². The molecule has 0 aromatic rings. The van der Waals surface area contributed by atoms with Crippen LogP contribution in [0.25, 0.3) is 0 Å². The summed E-state index contributed by atoms with van der Waals surface area (Å²) in [6.45, 7) is 12.3. The summed E-state index contributed by atoms with van der Waals surface area (Å²) in [6, 6.07) is 0.234. The van der Waals surface area contributed by atoms with Crippen molar-refractivity contribution in [3.05, 3.63) is 0 Å². The van der Waals surface area contributed by atoms with Gasteiger partial charge in [0, 0.05) is 25.4 Å². The number of rotatable bonds is 6. The van der Waals surface area contributed by atoms with Gasteiger partial charge in [-0.25, -0.2) is 4.67 Å². The number of hydrogen-bond acceptors (Lipinski definition) is 3. The molecule has 0 bridgehead atoms. The van der Waals surface area contributed by atoms with Gasteiger partial charge in [0.1, 0.15) is 0 Å². The smallest absolute Gasteiger partial charge is 0.275 e. The SMILES string of the molecule is COC[C@@H]1CCCN1P(=O)(OCC(C)(C)C)C(C)C. The summed E-state index contributed by atoms with van der Waals surface area (Å²) in [5, 5.41) is 0. The molecule has 1 aliphatic rings. The average Bonchev–Trinajstić information content (AvgIpc) is 2.74. The lowest BCUT2D eigenvalue weighted by atomic mass is 9.99. The summed E-state index contributed by atoms with van der Waals surface area (Å²) < 4.78 is 26.6. The van der Waals surface area contributed by atoms with E-state index in [0.29, 0.717) is 13.2 Å². The van der Waals surface area contributed by atoms with E-state index in [1.165, 1.54) is 0 Å². The Kier molecular flexibility index (Phi) is 6.06. The van der Waals surface area contributed by atoms with Crippen LogP contribution < -0.4 is 0 Å². The standard InChI is InChI=1S/C14H30NO3P/c1-12(2)19(16,18-11-14(3,4)5)15-9-7-8-13(15)10-17-6/h12-13H,7-11H2,1-6H3/t13-,19?/m0/s1. The van der Waals surface area contributed by atoms with Crippen LogP contribution in [0, 0.1) is 5.41 Å². The van der Waals surface area contributed by atoms with Crippen molar-refractivity contribution < 1.29 is 13.8 Å². The summed E-state index contributed by atoms with van der Waals surface area (Å²) in [7, 11) is -1.07. The highest BCUT2D eigenvalue weighted by Crippen LogP contribution is 2.58. The van der Waals surface area contributed by atoms with Crippen LogP contribution in [0.3, 0.4) is 0 Å². The second-order valence-corrected chi connectivity index (χ2v) is 9.84. The van der Waals surface area contributed by atoms with E-state index in [0.717, 1.165) is 19.4 Å². The molecule has 0 saturated carbocycles. The Morgan fingerprint density at radius 2 is 2.00 bits per heavy atom. The summed E-state index contributed by atoms with van der Waals surface area (Å²) in [5.41, 5.74) is 0.0495. The third-order valence-electron chi connectivity index (χ3n) is 3.40. The third-order valence-corrected chi connectivity index (χ3v) is 6.45. The number of methoxy groups -OCH3 is 1. The second-order valence-electron chi connectivity index (χ2n) is 6.91. The lowest BCUT2D eigenvalue weighted by molar-refractivity contribution is 0.128. The van der Waals surface area contributed by atoms with Crippen LogP contribution in [0.5, 0.6) is 0 Å². The van der Waals surface area contributed by atoms with Gasteiger partial charge in [-0.05, 0) is 18.3 Å². The van der Waals surface area contributed by atoms with Crippen LogP contribution in [-0.4, -0.2) is 43.2 Å². The van der Waals surface area contributed by atoms with Crippen molar-refractivity contribution in [2.75, 3.05) is 26.9 Å². The molecule has 114 valence electrons. The Hall–Kier alpha value is 0.110. The van der Waals surface area contributed by atoms with Crippen LogP contribution in [-0.2, 0) is 13.8 Å². The molecule has 1 saturated heterocycles. The molecule has 2 atom stereocenters. The fourth-order valence-electron chi connectivity index (χ4n) is 2.36. The van der Waals surface area contributed by atoms with Crippen LogP contribution in [0.1, 0.15) is 47.5 Å². The first-order chi connectivity index (χ1) is 8.70. The first kappa shape index (κ1) is 17.2. The van der Waals surface area contributed by atoms with E-state index in [1.54, 1.807) is 7.11 Å². The minimum Gasteiger partial charge on any atom is -0.383 e. The summed E-state index contributed by atoms with van der Waals surface area (Å²) in [5.74, 6) is 0. The van der Waals surface area contributed by atoms with Crippen molar-refractivity contribution in [1.82, 2.24) is 4.67 Å². The molecule has 19 heavy (non-hydrogen) atoms. The van der Waals surface area contributed by atoms with Gasteiger partial charge in [0.15, 0.2) is 0 Å². The first-order valence-corrected chi connectivity index (χ1v) is 8.85. The normalized spacial score (nSPS) is 24.9. The minimum absolute atomic E-state index is 0.0207. The maximum Gasteiger partial charge on any atom is 0.275 e. The molecule has 1 rings (SSSR count). The highest BCUT2D eigenvalue weighted by atomic mass is 31.2. The lowest BCUT2D eigenvalue weighted by Crippen LogP contribution is -2.34. The van der Waals surface area contributed by atoms with Gasteiger partial charge in [0.05, 0.1) is 13.2 Å². The van der Waals surface area contributed by atoms with Gasteiger partial charge in [-0.3, -0.25) is 4.57 Å². The molecular weight excluding hydrogens is 261 g/mol. The van der Waals surface area contributed by atoms with Crippen LogP contribution in [0.4, 0.5) is 0 Å². The van der Waals surface area contributed by atoms with Crippen molar-refractivity contribution in [2.45, 2.75) is 59.2 Å². The maximum atomic E-state index is 13.3. The fraction of sp³-hybridized carbons (Fsp3) is 1.00. The van der Waals surface area contributed by atoms with Crippen LogP contribution in [0.15, 0.2) is 0 Å². The topological polar surface area (TPSA) is 38.8 Å². The van der Waals surface area contributed by atoms with E-state index in [2.05, 4.69) is 25.4 Å². The predicted molar refractivity (Wildman–Crippen MR) is 79.8 cm³/mol. The van der Waals surface area contributed by atoms with Crippen LogP contribution in [0.2, 0.25) is 0 Å². The Morgan fingerprint density at radius 1 is 1.37 bits per heavy atom. The largest absolute Gasteiger partial charge is 0.383 e. The maximum absolute atomic E-state index is 13.3. The summed E-state index contributed by atoms with van der Waals surface area (Å²) >= 11 is 0. The van der Waals surface area contributed by atoms with Gasteiger partial charge >= 0.3 is 0 Å². The van der Waals surface area contributed by atoms with E-state index in [-0.39, 0.29) is 17.1 Å². The van der Waals surface area contributed by atoms with Gasteiger partial charge in [-0.1, -0.05) is 34.6 Å². The molecular formula is C14H30NO3P. The van der Waals surface area contributed by atoms with E-state index >= 15 is 0 Å². The van der Waals surface area contributed by atoms with Crippen LogP contribution >= 0.6 is 7.52 Å². The van der Waals surface area contributed by atoms with Crippen molar-refractivity contribution in [3.8, 4) is 0 Å². The average molecular weight is 291 g/mol. The van der Waals surface area contributed by atoms with E-state index < -0.39 is 7.52 Å². The Bertz CT molecular complexity index is 325. The number of nitrogens with zero attached hydrogens (tertiary/aromatic N) is 1. The second kappa shape index (κ2) is 6.71. The predicted octanol–water partition coefficient (Wildman–Crippen LogP) is 3.76. The van der Waals surface area contributed by atoms with Gasteiger partial charge < -0.3 is 9.26 Å². The lowest BCUT2D eigenvalue weighted by Gasteiger charge is -2.36. The summed E-state index contributed by atoms with van der Waals surface area (Å²) in [4.78, 5) is 0. The van der Waals surface area contributed by atoms with Gasteiger partial charge in [0.25, 0.3) is 7.52 Å². The zero-order valence-electron chi connectivity index (χ0n) is 13.3. The Balaban J connectivity index is 2.83. The van der Waals surface area contributed by atoms with Crippen molar-refractivity contribution in [3.63, 3.8) is 0 Å². The zero-order chi connectivity index (χ0) is 14.7. The Morgan fingerprint density at radius 3 is 2.47 bits per heavy atom. The van der Waals surface area contributed by atoms with Crippen molar-refractivity contribution >= 4 is 7.52 Å². The van der Waals surface area contributed by atoms with E-state index in [9.17, 15) is 4.57 Å². The molecule has 0 radical (unpaired) electrons. The third kappa shape index (κ3) is 4.56. The molecule has 1 unspecified atom stereocenters. The molecule has 0 N–H and O–H groups in total. The molecule has 0 spiro atoms. The van der Waals surface area contributed by atoms with E-state index in [1.807, 2.05) is 13.8 Å². The summed E-state index contributed by atoms with van der Waals surface area (Å²) in [6.07, 6.45) is 2.12. The quantitative estimate of drug-likeness (QED) is 0.698. The molecule has 0 amide bonds. The number of ether oxygens (including phenoxy) is 1. The molecule has 1 heterocycles. The molecule has 0 aliphatic carbocycles. The molecule has 1 aliphatic heterocycles. The Labute approximate surface area is 118 Å². The van der Waals surface area contributed by atoms with Gasteiger partial charge in [-0.2, -0.15) is 0 Å². The number of hydrogen-bond donors (Lipinski definition) is 0. The first-order valence-electron chi connectivity index (χ1n) is 7.21. The van der Waals surface area contributed by atoms with Crippen molar-refractivity contribution in [1.29, 1.82) is 0 Å². The monoisotopic (exact) mass is 291 g/mol.